The zero-order valence-corrected chi connectivity index (χ0v) is 17.3. The lowest BCUT2D eigenvalue weighted by molar-refractivity contribution is -0.143. The first-order chi connectivity index (χ1) is 13.8. The van der Waals surface area contributed by atoms with Crippen LogP contribution in [-0.4, -0.2) is 46.6 Å². The number of hydrogen-bond acceptors (Lipinski definition) is 4. The van der Waals surface area contributed by atoms with Gasteiger partial charge in [-0.25, -0.2) is 19.0 Å². The molecular weight excluding hydrogens is 399 g/mol. The predicted molar refractivity (Wildman–Crippen MR) is 106 cm³/mol. The van der Waals surface area contributed by atoms with Crippen LogP contribution in [0.15, 0.2) is 24.5 Å². The first kappa shape index (κ1) is 21.1. The van der Waals surface area contributed by atoms with Gasteiger partial charge in [0.05, 0.1) is 19.1 Å². The van der Waals surface area contributed by atoms with E-state index in [4.69, 9.17) is 16.3 Å². The van der Waals surface area contributed by atoms with Gasteiger partial charge in [-0.2, -0.15) is 0 Å². The van der Waals surface area contributed by atoms with Gasteiger partial charge < -0.3 is 19.9 Å². The zero-order valence-electron chi connectivity index (χ0n) is 16.5. The van der Waals surface area contributed by atoms with Gasteiger partial charge in [-0.3, -0.25) is 0 Å². The second-order valence-electron chi connectivity index (χ2n) is 7.43. The summed E-state index contributed by atoms with van der Waals surface area (Å²) in [6.45, 7) is 4.24. The van der Waals surface area contributed by atoms with Crippen molar-refractivity contribution in [3.63, 3.8) is 0 Å². The van der Waals surface area contributed by atoms with Crippen LogP contribution in [0.4, 0.5) is 9.18 Å². The molecule has 2 N–H and O–H groups in total. The van der Waals surface area contributed by atoms with Crippen LogP contribution < -0.4 is 5.32 Å². The van der Waals surface area contributed by atoms with Crippen LogP contribution in [-0.2, 0) is 16.0 Å². The maximum Gasteiger partial charge on any atom is 0.328 e. The Morgan fingerprint density at radius 1 is 1.45 bits per heavy atom. The molecule has 9 heteroatoms. The normalized spacial score (nSPS) is 17.0. The number of methoxy groups -OCH3 is 1. The standard InChI is InChI=1S/C20H24ClFN4O3/c1-11(2)8-16(19(27)29-3)25-20(28)26-7-6-15-17(24-10-23-15)18(26)13-5-4-12(21)9-14(13)22/h4-5,9-11,16,18H,6-8H2,1-3H3,(H,23,24)(H,25,28)/t16-,18?/m0/s1. The molecule has 1 unspecified atom stereocenters. The van der Waals surface area contributed by atoms with E-state index in [9.17, 15) is 14.0 Å². The largest absolute Gasteiger partial charge is 0.467 e. The zero-order chi connectivity index (χ0) is 21.1. The molecule has 2 aromatic rings. The number of H-pyrrole nitrogens is 1. The number of hydrogen-bond donors (Lipinski definition) is 2. The summed E-state index contributed by atoms with van der Waals surface area (Å²) in [6, 6.07) is 2.34. The van der Waals surface area contributed by atoms with Crippen molar-refractivity contribution >= 4 is 23.6 Å². The molecule has 1 aliphatic heterocycles. The number of fused-ring (bicyclic) bond motifs is 1. The van der Waals surface area contributed by atoms with E-state index in [0.717, 1.165) is 5.69 Å². The van der Waals surface area contributed by atoms with Gasteiger partial charge in [-0.15, -0.1) is 0 Å². The summed E-state index contributed by atoms with van der Waals surface area (Å²) in [4.78, 5) is 34.1. The lowest BCUT2D eigenvalue weighted by Gasteiger charge is -2.36. The summed E-state index contributed by atoms with van der Waals surface area (Å²) in [7, 11) is 1.28. The molecule has 7 nitrogen and oxygen atoms in total. The minimum absolute atomic E-state index is 0.170. The van der Waals surface area contributed by atoms with Gasteiger partial charge in [0, 0.05) is 29.2 Å². The van der Waals surface area contributed by atoms with E-state index in [1.165, 1.54) is 24.4 Å². The van der Waals surface area contributed by atoms with Gasteiger partial charge in [0.2, 0.25) is 0 Å². The molecule has 3 rings (SSSR count). The third kappa shape index (κ3) is 4.53. The fourth-order valence-corrected chi connectivity index (χ4v) is 3.75. The maximum atomic E-state index is 14.7. The quantitative estimate of drug-likeness (QED) is 0.722. The van der Waals surface area contributed by atoms with Crippen molar-refractivity contribution in [2.24, 2.45) is 5.92 Å². The fourth-order valence-electron chi connectivity index (χ4n) is 3.59. The van der Waals surface area contributed by atoms with Crippen LogP contribution in [0.5, 0.6) is 0 Å². The van der Waals surface area contributed by atoms with Crippen molar-refractivity contribution in [2.75, 3.05) is 13.7 Å². The predicted octanol–water partition coefficient (Wildman–Crippen LogP) is 3.45. The molecule has 0 bridgehead atoms. The monoisotopic (exact) mass is 422 g/mol. The molecule has 1 aromatic carbocycles. The number of halogens is 2. The number of imidazole rings is 1. The Bertz CT molecular complexity index is 902. The van der Waals surface area contributed by atoms with E-state index in [1.807, 2.05) is 13.8 Å². The van der Waals surface area contributed by atoms with Gasteiger partial charge in [-0.05, 0) is 24.5 Å². The summed E-state index contributed by atoms with van der Waals surface area (Å²) in [5.74, 6) is -0.871. The number of aromatic amines is 1. The minimum Gasteiger partial charge on any atom is -0.467 e. The van der Waals surface area contributed by atoms with Crippen molar-refractivity contribution in [1.29, 1.82) is 0 Å². The van der Waals surface area contributed by atoms with Gasteiger partial charge >= 0.3 is 12.0 Å². The first-order valence-electron chi connectivity index (χ1n) is 9.43. The van der Waals surface area contributed by atoms with Crippen LogP contribution in [0.2, 0.25) is 5.02 Å². The van der Waals surface area contributed by atoms with E-state index in [1.54, 1.807) is 12.1 Å². The number of esters is 1. The van der Waals surface area contributed by atoms with E-state index >= 15 is 0 Å². The summed E-state index contributed by atoms with van der Waals surface area (Å²) < 4.78 is 19.6. The number of nitrogens with zero attached hydrogens (tertiary/aromatic N) is 2. The number of benzene rings is 1. The van der Waals surface area contributed by atoms with Gasteiger partial charge in [0.25, 0.3) is 0 Å². The second kappa shape index (κ2) is 8.82. The molecule has 29 heavy (non-hydrogen) atoms. The molecule has 0 saturated carbocycles. The van der Waals surface area contributed by atoms with Crippen molar-refractivity contribution in [3.05, 3.63) is 52.3 Å². The van der Waals surface area contributed by atoms with Crippen LogP contribution >= 0.6 is 11.6 Å². The molecular formula is C20H24ClFN4O3. The maximum absolute atomic E-state index is 14.7. The lowest BCUT2D eigenvalue weighted by Crippen LogP contribution is -2.51. The topological polar surface area (TPSA) is 87.3 Å². The Hall–Kier alpha value is -2.61. The third-order valence-corrected chi connectivity index (χ3v) is 5.17. The molecule has 2 amide bonds. The molecule has 0 aliphatic carbocycles. The molecule has 2 atom stereocenters. The summed E-state index contributed by atoms with van der Waals surface area (Å²) >= 11 is 5.90. The Labute approximate surface area is 173 Å². The van der Waals surface area contributed by atoms with Crippen LogP contribution in [0.25, 0.3) is 0 Å². The summed E-state index contributed by atoms with van der Waals surface area (Å²) in [6.07, 6.45) is 2.50. The molecule has 156 valence electrons. The van der Waals surface area contributed by atoms with Gasteiger partial charge in [0.15, 0.2) is 0 Å². The van der Waals surface area contributed by atoms with E-state index in [-0.39, 0.29) is 16.5 Å². The highest BCUT2D eigenvalue weighted by Crippen LogP contribution is 2.35. The van der Waals surface area contributed by atoms with Gasteiger partial charge in [-0.1, -0.05) is 31.5 Å². The molecule has 1 aliphatic rings. The summed E-state index contributed by atoms with van der Waals surface area (Å²) in [5.41, 5.74) is 1.71. The highest BCUT2D eigenvalue weighted by Gasteiger charge is 2.37. The third-order valence-electron chi connectivity index (χ3n) is 4.93. The van der Waals surface area contributed by atoms with E-state index < -0.39 is 29.9 Å². The molecule has 2 heterocycles. The first-order valence-corrected chi connectivity index (χ1v) is 9.81. The summed E-state index contributed by atoms with van der Waals surface area (Å²) in [5, 5.41) is 3.01. The SMILES string of the molecule is COC(=O)[C@H](CC(C)C)NC(=O)N1CCc2[nH]cnc2C1c1ccc(Cl)cc1F. The van der Waals surface area contributed by atoms with Crippen molar-refractivity contribution in [2.45, 2.75) is 38.8 Å². The number of rotatable bonds is 5. The Morgan fingerprint density at radius 3 is 2.86 bits per heavy atom. The number of nitrogens with one attached hydrogen (secondary N) is 2. The van der Waals surface area contributed by atoms with Crippen molar-refractivity contribution in [3.8, 4) is 0 Å². The van der Waals surface area contributed by atoms with Gasteiger partial charge in [0.1, 0.15) is 17.9 Å². The van der Waals surface area contributed by atoms with Crippen molar-refractivity contribution in [1.82, 2.24) is 20.2 Å². The fraction of sp³-hybridized carbons (Fsp3) is 0.450. The number of aromatic nitrogens is 2. The smallest absolute Gasteiger partial charge is 0.328 e. The van der Waals surface area contributed by atoms with E-state index in [2.05, 4.69) is 15.3 Å². The minimum atomic E-state index is -0.788. The number of carbonyl (C=O) groups is 2. The van der Waals surface area contributed by atoms with Crippen LogP contribution in [0.3, 0.4) is 0 Å². The lowest BCUT2D eigenvalue weighted by atomic mass is 9.95. The molecule has 0 saturated heterocycles. The Morgan fingerprint density at radius 2 is 2.21 bits per heavy atom. The highest BCUT2D eigenvalue weighted by atomic mass is 35.5. The molecule has 0 spiro atoms. The second-order valence-corrected chi connectivity index (χ2v) is 7.87. The Kier molecular flexibility index (Phi) is 6.42. The highest BCUT2D eigenvalue weighted by molar-refractivity contribution is 6.30. The van der Waals surface area contributed by atoms with Crippen molar-refractivity contribution < 1.29 is 18.7 Å². The average molecular weight is 423 g/mol. The molecule has 0 fully saturated rings. The number of carbonyl (C=O) groups excluding carboxylic acids is 2. The van der Waals surface area contributed by atoms with E-state index in [0.29, 0.717) is 25.1 Å². The molecule has 0 radical (unpaired) electrons. The van der Waals surface area contributed by atoms with Crippen LogP contribution in [0, 0.1) is 11.7 Å². The average Bonchev–Trinajstić information content (AvgIpc) is 3.15. The number of ether oxygens (including phenoxy) is 1. The number of amides is 2. The van der Waals surface area contributed by atoms with Crippen LogP contribution in [0.1, 0.15) is 43.3 Å². The number of urea groups is 1. The molecule has 1 aromatic heterocycles. The Balaban J connectivity index is 1.93.